The number of hydrogen-bond acceptors (Lipinski definition) is 5. The summed E-state index contributed by atoms with van der Waals surface area (Å²) < 4.78 is 25.8. The largest absolute Gasteiger partial charge is 0.339 e. The van der Waals surface area contributed by atoms with E-state index >= 15 is 0 Å². The van der Waals surface area contributed by atoms with Crippen LogP contribution in [-0.2, 0) is 10.0 Å². The Morgan fingerprint density at radius 3 is 2.58 bits per heavy atom. The summed E-state index contributed by atoms with van der Waals surface area (Å²) in [6, 6.07) is 4.37. The molecule has 0 unspecified atom stereocenters. The van der Waals surface area contributed by atoms with Crippen LogP contribution in [0, 0.1) is 5.92 Å². The van der Waals surface area contributed by atoms with E-state index in [1.165, 1.54) is 12.1 Å². The quantitative estimate of drug-likeness (QED) is 0.834. The van der Waals surface area contributed by atoms with Crippen molar-refractivity contribution in [2.45, 2.75) is 31.1 Å². The van der Waals surface area contributed by atoms with E-state index in [-0.39, 0.29) is 22.9 Å². The monoisotopic (exact) mass is 379 g/mol. The van der Waals surface area contributed by atoms with Gasteiger partial charge in [-0.2, -0.15) is 0 Å². The van der Waals surface area contributed by atoms with Crippen LogP contribution in [0.1, 0.15) is 46.9 Å². The number of carbonyl (C=O) groups excluding carboxylic acids is 2. The third kappa shape index (κ3) is 3.23. The van der Waals surface area contributed by atoms with E-state index in [1.807, 2.05) is 7.05 Å². The molecule has 142 valence electrons. The third-order valence-corrected chi connectivity index (χ3v) is 7.14. The smallest absolute Gasteiger partial charge is 0.268 e. The second-order valence-electron chi connectivity index (χ2n) is 6.81. The van der Waals surface area contributed by atoms with Gasteiger partial charge in [-0.15, -0.1) is 0 Å². The number of amides is 2. The number of piperidine rings is 1. The van der Waals surface area contributed by atoms with Crippen LogP contribution < -0.4 is 5.32 Å². The van der Waals surface area contributed by atoms with Gasteiger partial charge in [-0.1, -0.05) is 0 Å². The van der Waals surface area contributed by atoms with Crippen LogP contribution in [0.25, 0.3) is 0 Å². The van der Waals surface area contributed by atoms with Gasteiger partial charge >= 0.3 is 0 Å². The van der Waals surface area contributed by atoms with Crippen molar-refractivity contribution in [3.05, 3.63) is 29.3 Å². The lowest BCUT2D eigenvalue weighted by Gasteiger charge is -2.32. The summed E-state index contributed by atoms with van der Waals surface area (Å²) in [5.41, 5.74) is 0.473. The minimum atomic E-state index is -3.85. The highest BCUT2D eigenvalue weighted by atomic mass is 32.2. The first-order chi connectivity index (χ1) is 12.4. The molecule has 8 heteroatoms. The highest BCUT2D eigenvalue weighted by Crippen LogP contribution is 2.31. The summed E-state index contributed by atoms with van der Waals surface area (Å²) >= 11 is 0. The van der Waals surface area contributed by atoms with Crippen LogP contribution in [-0.4, -0.2) is 62.7 Å². The van der Waals surface area contributed by atoms with Crippen LogP contribution in [0.3, 0.4) is 0 Å². The molecule has 2 amide bonds. The molecule has 1 aromatic carbocycles. The predicted molar refractivity (Wildman–Crippen MR) is 97.5 cm³/mol. The number of nitrogens with one attached hydrogen (secondary N) is 1. The van der Waals surface area contributed by atoms with Gasteiger partial charge in [0.15, 0.2) is 0 Å². The topological polar surface area (TPSA) is 86.8 Å². The van der Waals surface area contributed by atoms with Crippen LogP contribution in [0.15, 0.2) is 23.1 Å². The number of rotatable bonds is 5. The van der Waals surface area contributed by atoms with E-state index in [0.717, 1.165) is 30.1 Å². The Morgan fingerprint density at radius 1 is 1.27 bits per heavy atom. The fourth-order valence-electron chi connectivity index (χ4n) is 3.68. The van der Waals surface area contributed by atoms with E-state index in [4.69, 9.17) is 0 Å². The summed E-state index contributed by atoms with van der Waals surface area (Å²) in [6.07, 6.45) is 3.02. The number of benzene rings is 1. The van der Waals surface area contributed by atoms with E-state index in [1.54, 1.807) is 17.9 Å². The van der Waals surface area contributed by atoms with Gasteiger partial charge < -0.3 is 10.2 Å². The zero-order valence-corrected chi connectivity index (χ0v) is 16.0. The molecule has 1 saturated heterocycles. The molecular weight excluding hydrogens is 354 g/mol. The lowest BCUT2D eigenvalue weighted by atomic mass is 9.93. The molecular formula is C18H25N3O4S. The van der Waals surface area contributed by atoms with E-state index in [2.05, 4.69) is 5.32 Å². The lowest BCUT2D eigenvalue weighted by molar-refractivity contribution is 0.0686. The molecule has 3 rings (SSSR count). The van der Waals surface area contributed by atoms with Crippen LogP contribution in [0.2, 0.25) is 0 Å². The molecule has 26 heavy (non-hydrogen) atoms. The molecule has 1 N–H and O–H groups in total. The molecule has 2 aliphatic rings. The number of sulfonamides is 1. The predicted octanol–water partition coefficient (Wildman–Crippen LogP) is 1.31. The van der Waals surface area contributed by atoms with Crippen LogP contribution in [0.4, 0.5) is 0 Å². The average molecular weight is 379 g/mol. The van der Waals surface area contributed by atoms with Crippen molar-refractivity contribution >= 4 is 21.8 Å². The average Bonchev–Trinajstić information content (AvgIpc) is 2.84. The molecule has 0 saturated carbocycles. The van der Waals surface area contributed by atoms with Gasteiger partial charge in [0, 0.05) is 25.2 Å². The Hall–Kier alpha value is -1.93. The van der Waals surface area contributed by atoms with Crippen molar-refractivity contribution in [1.29, 1.82) is 0 Å². The summed E-state index contributed by atoms with van der Waals surface area (Å²) in [4.78, 5) is 26.7. The van der Waals surface area contributed by atoms with Gasteiger partial charge in [-0.25, -0.2) is 12.7 Å². The van der Waals surface area contributed by atoms with Crippen molar-refractivity contribution in [3.63, 3.8) is 0 Å². The first-order valence-electron chi connectivity index (χ1n) is 9.05. The van der Waals surface area contributed by atoms with Gasteiger partial charge in [0.1, 0.15) is 4.90 Å². The first kappa shape index (κ1) is 18.8. The van der Waals surface area contributed by atoms with Crippen LogP contribution in [0.5, 0.6) is 0 Å². The minimum absolute atomic E-state index is 0.0564. The summed E-state index contributed by atoms with van der Waals surface area (Å²) in [7, 11) is -1.91. The second kappa shape index (κ2) is 7.36. The molecule has 2 heterocycles. The highest BCUT2D eigenvalue weighted by molar-refractivity contribution is 7.90. The maximum atomic E-state index is 12.8. The molecule has 0 radical (unpaired) electrons. The van der Waals surface area contributed by atoms with Crippen molar-refractivity contribution in [2.24, 2.45) is 5.92 Å². The lowest BCUT2D eigenvalue weighted by Crippen LogP contribution is -2.39. The molecule has 0 spiro atoms. The maximum Gasteiger partial charge on any atom is 0.268 e. The molecule has 2 aliphatic heterocycles. The number of hydrogen-bond donors (Lipinski definition) is 1. The van der Waals surface area contributed by atoms with Crippen molar-refractivity contribution in [2.75, 3.05) is 33.2 Å². The van der Waals surface area contributed by atoms with Gasteiger partial charge in [-0.3, -0.25) is 9.59 Å². The number of carbonyl (C=O) groups is 2. The Labute approximate surface area is 154 Å². The number of likely N-dealkylation sites (tertiary alicyclic amines) is 1. The third-order valence-electron chi connectivity index (χ3n) is 5.25. The molecule has 0 aromatic heterocycles. The first-order valence-corrected chi connectivity index (χ1v) is 10.5. The highest BCUT2D eigenvalue weighted by Gasteiger charge is 2.40. The fraction of sp³-hybridized carbons (Fsp3) is 0.556. The molecule has 0 atom stereocenters. The van der Waals surface area contributed by atoms with E-state index < -0.39 is 15.9 Å². The minimum Gasteiger partial charge on any atom is -0.339 e. The standard InChI is InChI=1S/C18H25N3O4S/c1-3-21-18(23)15-5-4-14(12-16(15)26(21,24)25)17(22)20-10-7-13(8-11-20)6-9-19-2/h4-5,12-13,19H,3,6-11H2,1-2H3. The summed E-state index contributed by atoms with van der Waals surface area (Å²) in [5.74, 6) is -0.0769. The Morgan fingerprint density at radius 2 is 1.96 bits per heavy atom. The fourth-order valence-corrected chi connectivity index (χ4v) is 5.28. The van der Waals surface area contributed by atoms with Crippen LogP contribution >= 0.6 is 0 Å². The zero-order chi connectivity index (χ0) is 18.9. The Kier molecular flexibility index (Phi) is 5.34. The van der Waals surface area contributed by atoms with Crippen molar-refractivity contribution in [3.8, 4) is 0 Å². The number of fused-ring (bicyclic) bond motifs is 1. The summed E-state index contributed by atoms with van der Waals surface area (Å²) in [6.45, 7) is 4.03. The molecule has 0 aliphatic carbocycles. The van der Waals surface area contributed by atoms with Crippen molar-refractivity contribution < 1.29 is 18.0 Å². The van der Waals surface area contributed by atoms with Crippen molar-refractivity contribution in [1.82, 2.24) is 14.5 Å². The number of nitrogens with zero attached hydrogens (tertiary/aromatic N) is 2. The van der Waals surface area contributed by atoms with E-state index in [0.29, 0.717) is 24.6 Å². The molecule has 1 fully saturated rings. The van der Waals surface area contributed by atoms with Gasteiger partial charge in [0.05, 0.1) is 5.56 Å². The van der Waals surface area contributed by atoms with Gasteiger partial charge in [0.25, 0.3) is 21.8 Å². The second-order valence-corrected chi connectivity index (χ2v) is 8.64. The van der Waals surface area contributed by atoms with Gasteiger partial charge in [-0.05, 0) is 63.9 Å². The maximum absolute atomic E-state index is 12.8. The molecule has 1 aromatic rings. The molecule has 7 nitrogen and oxygen atoms in total. The zero-order valence-electron chi connectivity index (χ0n) is 15.2. The normalized spacial score (nSPS) is 19.7. The van der Waals surface area contributed by atoms with Gasteiger partial charge in [0.2, 0.25) is 0 Å². The summed E-state index contributed by atoms with van der Waals surface area (Å²) in [5, 5.41) is 3.15. The Bertz CT molecular complexity index is 814. The SMILES string of the molecule is CCN1C(=O)c2ccc(C(=O)N3CCC(CCNC)CC3)cc2S1(=O)=O. The molecule has 0 bridgehead atoms. The van der Waals surface area contributed by atoms with E-state index in [9.17, 15) is 18.0 Å². The Balaban J connectivity index is 1.76.